The second kappa shape index (κ2) is 6.22. The molecule has 2 rings (SSSR count). The Kier molecular flexibility index (Phi) is 4.61. The third kappa shape index (κ3) is 3.82. The van der Waals surface area contributed by atoms with Crippen molar-refractivity contribution >= 4 is 11.3 Å². The molecule has 0 saturated carbocycles. The van der Waals surface area contributed by atoms with E-state index in [1.165, 1.54) is 10.4 Å². The molecule has 0 amide bonds. The number of nitrogens with one attached hydrogen (secondary N) is 1. The van der Waals surface area contributed by atoms with Gasteiger partial charge < -0.3 is 10.1 Å². The van der Waals surface area contributed by atoms with E-state index in [1.54, 1.807) is 7.11 Å². The Morgan fingerprint density at radius 1 is 1.16 bits per heavy atom. The van der Waals surface area contributed by atoms with Crippen LogP contribution in [0.3, 0.4) is 0 Å². The first kappa shape index (κ1) is 14.1. The van der Waals surface area contributed by atoms with Crippen molar-refractivity contribution in [1.29, 1.82) is 0 Å². The molecule has 19 heavy (non-hydrogen) atoms. The SMILES string of the molecule is COc1ccc(CNCC(C)(C)c2cccs2)cc1. The number of benzene rings is 1. The minimum atomic E-state index is 0.181. The molecule has 0 unspecified atom stereocenters. The Bertz CT molecular complexity index is 488. The van der Waals surface area contributed by atoms with Crippen molar-refractivity contribution in [3.63, 3.8) is 0 Å². The van der Waals surface area contributed by atoms with Crippen molar-refractivity contribution in [2.45, 2.75) is 25.8 Å². The predicted octanol–water partition coefficient (Wildman–Crippen LogP) is 3.82. The van der Waals surface area contributed by atoms with Crippen LogP contribution in [0.1, 0.15) is 24.3 Å². The monoisotopic (exact) mass is 275 g/mol. The van der Waals surface area contributed by atoms with Gasteiger partial charge in [-0.2, -0.15) is 0 Å². The van der Waals surface area contributed by atoms with Crippen LogP contribution in [0.4, 0.5) is 0 Å². The van der Waals surface area contributed by atoms with Gasteiger partial charge >= 0.3 is 0 Å². The second-order valence-corrected chi connectivity index (χ2v) is 6.26. The lowest BCUT2D eigenvalue weighted by Gasteiger charge is -2.23. The van der Waals surface area contributed by atoms with E-state index in [0.29, 0.717) is 0 Å². The average Bonchev–Trinajstić information content (AvgIpc) is 2.94. The maximum Gasteiger partial charge on any atom is 0.118 e. The van der Waals surface area contributed by atoms with E-state index in [4.69, 9.17) is 4.74 Å². The highest BCUT2D eigenvalue weighted by molar-refractivity contribution is 7.10. The van der Waals surface area contributed by atoms with Crippen LogP contribution in [-0.4, -0.2) is 13.7 Å². The minimum Gasteiger partial charge on any atom is -0.497 e. The van der Waals surface area contributed by atoms with Gasteiger partial charge in [0.2, 0.25) is 0 Å². The zero-order valence-electron chi connectivity index (χ0n) is 11.8. The molecule has 0 saturated heterocycles. The van der Waals surface area contributed by atoms with E-state index >= 15 is 0 Å². The third-order valence-electron chi connectivity index (χ3n) is 3.24. The first-order chi connectivity index (χ1) is 9.12. The highest BCUT2D eigenvalue weighted by Gasteiger charge is 2.20. The Morgan fingerprint density at radius 2 is 1.89 bits per heavy atom. The molecule has 102 valence electrons. The van der Waals surface area contributed by atoms with Crippen LogP contribution in [0.5, 0.6) is 5.75 Å². The van der Waals surface area contributed by atoms with Gasteiger partial charge in [-0.1, -0.05) is 32.0 Å². The van der Waals surface area contributed by atoms with E-state index in [0.717, 1.165) is 18.8 Å². The summed E-state index contributed by atoms with van der Waals surface area (Å²) in [6, 6.07) is 12.5. The Morgan fingerprint density at radius 3 is 2.47 bits per heavy atom. The summed E-state index contributed by atoms with van der Waals surface area (Å²) in [5, 5.41) is 5.67. The fourth-order valence-corrected chi connectivity index (χ4v) is 2.87. The molecule has 2 aromatic rings. The van der Waals surface area contributed by atoms with Crippen LogP contribution in [-0.2, 0) is 12.0 Å². The normalized spacial score (nSPS) is 11.5. The van der Waals surface area contributed by atoms with Crippen LogP contribution in [0.2, 0.25) is 0 Å². The summed E-state index contributed by atoms with van der Waals surface area (Å²) in [6.07, 6.45) is 0. The van der Waals surface area contributed by atoms with Crippen LogP contribution in [0.25, 0.3) is 0 Å². The van der Waals surface area contributed by atoms with Gasteiger partial charge in [0.25, 0.3) is 0 Å². The fraction of sp³-hybridized carbons (Fsp3) is 0.375. The Balaban J connectivity index is 1.86. The topological polar surface area (TPSA) is 21.3 Å². The number of hydrogen-bond donors (Lipinski definition) is 1. The Hall–Kier alpha value is -1.32. The molecule has 1 aromatic heterocycles. The number of methoxy groups -OCH3 is 1. The summed E-state index contributed by atoms with van der Waals surface area (Å²) in [5.74, 6) is 0.905. The van der Waals surface area contributed by atoms with Crippen molar-refractivity contribution < 1.29 is 4.74 Å². The van der Waals surface area contributed by atoms with E-state index < -0.39 is 0 Å². The van der Waals surface area contributed by atoms with E-state index in [2.05, 4.69) is 48.8 Å². The van der Waals surface area contributed by atoms with Crippen molar-refractivity contribution in [2.75, 3.05) is 13.7 Å². The van der Waals surface area contributed by atoms with Crippen molar-refractivity contribution in [3.05, 3.63) is 52.2 Å². The number of rotatable bonds is 6. The molecule has 0 fully saturated rings. The first-order valence-corrected chi connectivity index (χ1v) is 7.37. The maximum atomic E-state index is 5.16. The highest BCUT2D eigenvalue weighted by atomic mass is 32.1. The summed E-state index contributed by atoms with van der Waals surface area (Å²) in [5.41, 5.74) is 1.46. The van der Waals surface area contributed by atoms with Gasteiger partial charge in [-0.25, -0.2) is 0 Å². The summed E-state index contributed by atoms with van der Waals surface area (Å²) in [4.78, 5) is 1.43. The standard InChI is InChI=1S/C16H21NOS/c1-16(2,15-5-4-10-19-15)12-17-11-13-6-8-14(18-3)9-7-13/h4-10,17H,11-12H2,1-3H3. The average molecular weight is 275 g/mol. The smallest absolute Gasteiger partial charge is 0.118 e. The first-order valence-electron chi connectivity index (χ1n) is 6.49. The predicted molar refractivity (Wildman–Crippen MR) is 82.0 cm³/mol. The molecule has 2 nitrogen and oxygen atoms in total. The van der Waals surface area contributed by atoms with Gasteiger partial charge in [0.05, 0.1) is 7.11 Å². The van der Waals surface area contributed by atoms with Crippen LogP contribution < -0.4 is 10.1 Å². The molecular formula is C16H21NOS. The molecule has 0 spiro atoms. The molecule has 1 N–H and O–H groups in total. The fourth-order valence-electron chi connectivity index (χ4n) is 2.01. The lowest BCUT2D eigenvalue weighted by molar-refractivity contribution is 0.414. The number of hydrogen-bond acceptors (Lipinski definition) is 3. The van der Waals surface area contributed by atoms with Crippen molar-refractivity contribution in [3.8, 4) is 5.75 Å². The molecular weight excluding hydrogens is 254 g/mol. The van der Waals surface area contributed by atoms with E-state index in [-0.39, 0.29) is 5.41 Å². The van der Waals surface area contributed by atoms with E-state index in [9.17, 15) is 0 Å². The second-order valence-electron chi connectivity index (χ2n) is 5.31. The highest BCUT2D eigenvalue weighted by Crippen LogP contribution is 2.26. The molecule has 0 radical (unpaired) electrons. The van der Waals surface area contributed by atoms with Gasteiger partial charge in [0.1, 0.15) is 5.75 Å². The molecule has 0 bridgehead atoms. The number of thiophene rings is 1. The van der Waals surface area contributed by atoms with Gasteiger partial charge in [0, 0.05) is 23.4 Å². The lowest BCUT2D eigenvalue weighted by atomic mass is 9.91. The van der Waals surface area contributed by atoms with Crippen LogP contribution in [0, 0.1) is 0 Å². The molecule has 3 heteroatoms. The third-order valence-corrected chi connectivity index (χ3v) is 4.48. The zero-order chi connectivity index (χ0) is 13.7. The minimum absolute atomic E-state index is 0.181. The summed E-state index contributed by atoms with van der Waals surface area (Å²) in [6.45, 7) is 6.41. The molecule has 0 aliphatic carbocycles. The van der Waals surface area contributed by atoms with Gasteiger partial charge in [0.15, 0.2) is 0 Å². The summed E-state index contributed by atoms with van der Waals surface area (Å²) < 4.78 is 5.16. The molecule has 0 aliphatic rings. The lowest BCUT2D eigenvalue weighted by Crippen LogP contribution is -2.31. The van der Waals surface area contributed by atoms with Crippen molar-refractivity contribution in [2.24, 2.45) is 0 Å². The maximum absolute atomic E-state index is 5.16. The van der Waals surface area contributed by atoms with Crippen molar-refractivity contribution in [1.82, 2.24) is 5.32 Å². The van der Waals surface area contributed by atoms with Crippen LogP contribution >= 0.6 is 11.3 Å². The van der Waals surface area contributed by atoms with E-state index in [1.807, 2.05) is 23.5 Å². The molecule has 1 aromatic carbocycles. The van der Waals surface area contributed by atoms with Crippen LogP contribution in [0.15, 0.2) is 41.8 Å². The molecule has 0 atom stereocenters. The van der Waals surface area contributed by atoms with Gasteiger partial charge in [-0.05, 0) is 29.1 Å². The largest absolute Gasteiger partial charge is 0.497 e. The summed E-state index contributed by atoms with van der Waals surface area (Å²) in [7, 11) is 1.69. The number of ether oxygens (including phenoxy) is 1. The van der Waals surface area contributed by atoms with Gasteiger partial charge in [-0.15, -0.1) is 11.3 Å². The molecule has 0 aliphatic heterocycles. The molecule has 1 heterocycles. The quantitative estimate of drug-likeness (QED) is 0.865. The summed E-state index contributed by atoms with van der Waals surface area (Å²) >= 11 is 1.82. The Labute approximate surface area is 119 Å². The van der Waals surface area contributed by atoms with Gasteiger partial charge in [-0.3, -0.25) is 0 Å². The zero-order valence-corrected chi connectivity index (χ0v) is 12.6.